The summed E-state index contributed by atoms with van der Waals surface area (Å²) in [6, 6.07) is 6.85. The fourth-order valence-corrected chi connectivity index (χ4v) is 2.57. The van der Waals surface area contributed by atoms with Crippen molar-refractivity contribution in [3.63, 3.8) is 0 Å². The monoisotopic (exact) mass is 263 g/mol. The smallest absolute Gasteiger partial charge is 0.224 e. The van der Waals surface area contributed by atoms with E-state index in [9.17, 15) is 15.0 Å². The number of nitrogens with one attached hydrogen (secondary N) is 1. The topological polar surface area (TPSA) is 69.6 Å². The van der Waals surface area contributed by atoms with Gasteiger partial charge in [-0.25, -0.2) is 0 Å². The molecule has 4 nitrogen and oxygen atoms in total. The number of hydrogen-bond donors (Lipinski definition) is 3. The first-order valence-electron chi connectivity index (χ1n) is 6.88. The zero-order valence-electron chi connectivity index (χ0n) is 11.0. The van der Waals surface area contributed by atoms with E-state index in [0.29, 0.717) is 12.1 Å². The SMILES string of the molecule is O=C(Cc1ccccc1O)NC[C@@H]1CCCC[C@H]1O. The lowest BCUT2D eigenvalue weighted by molar-refractivity contribution is -0.120. The molecule has 1 aromatic carbocycles. The highest BCUT2D eigenvalue weighted by Crippen LogP contribution is 2.23. The highest BCUT2D eigenvalue weighted by atomic mass is 16.3. The summed E-state index contributed by atoms with van der Waals surface area (Å²) < 4.78 is 0. The molecular formula is C15H21NO3. The predicted octanol–water partition coefficient (Wildman–Crippen LogP) is 1.60. The standard InChI is InChI=1S/C15H21NO3/c17-13-7-3-1-5-11(13)9-15(19)16-10-12-6-2-4-8-14(12)18/h1,3,5,7,12,14,17-18H,2,4,6,8-10H2,(H,16,19)/t12-,14+/m0/s1. The summed E-state index contributed by atoms with van der Waals surface area (Å²) in [6.07, 6.45) is 3.88. The molecule has 0 spiro atoms. The molecule has 1 amide bonds. The van der Waals surface area contributed by atoms with Gasteiger partial charge >= 0.3 is 0 Å². The van der Waals surface area contributed by atoms with Crippen LogP contribution in [-0.4, -0.2) is 28.8 Å². The third-order valence-electron chi connectivity index (χ3n) is 3.77. The van der Waals surface area contributed by atoms with Crippen LogP contribution >= 0.6 is 0 Å². The van der Waals surface area contributed by atoms with E-state index in [2.05, 4.69) is 5.32 Å². The Morgan fingerprint density at radius 3 is 2.74 bits per heavy atom. The number of benzene rings is 1. The van der Waals surface area contributed by atoms with Crippen molar-refractivity contribution in [2.75, 3.05) is 6.54 Å². The van der Waals surface area contributed by atoms with E-state index in [1.165, 1.54) is 0 Å². The summed E-state index contributed by atoms with van der Waals surface area (Å²) in [5, 5.41) is 22.3. The third kappa shape index (κ3) is 3.96. The van der Waals surface area contributed by atoms with E-state index in [0.717, 1.165) is 25.7 Å². The minimum atomic E-state index is -0.292. The molecule has 1 saturated carbocycles. The molecule has 0 unspecified atom stereocenters. The average Bonchev–Trinajstić information content (AvgIpc) is 2.40. The van der Waals surface area contributed by atoms with Crippen LogP contribution in [0.25, 0.3) is 0 Å². The molecule has 4 heteroatoms. The molecular weight excluding hydrogens is 242 g/mol. The van der Waals surface area contributed by atoms with Crippen LogP contribution in [0.1, 0.15) is 31.2 Å². The van der Waals surface area contributed by atoms with E-state index < -0.39 is 0 Å². The number of carbonyl (C=O) groups excluding carboxylic acids is 1. The van der Waals surface area contributed by atoms with Crippen molar-refractivity contribution < 1.29 is 15.0 Å². The number of carbonyl (C=O) groups is 1. The maximum atomic E-state index is 11.8. The lowest BCUT2D eigenvalue weighted by atomic mass is 9.86. The third-order valence-corrected chi connectivity index (χ3v) is 3.77. The second kappa shape index (κ2) is 6.57. The van der Waals surface area contributed by atoms with Gasteiger partial charge in [-0.3, -0.25) is 4.79 Å². The number of aliphatic hydroxyl groups is 1. The molecule has 1 aliphatic carbocycles. The summed E-state index contributed by atoms with van der Waals surface area (Å²) >= 11 is 0. The highest BCUT2D eigenvalue weighted by Gasteiger charge is 2.23. The second-order valence-electron chi connectivity index (χ2n) is 5.22. The highest BCUT2D eigenvalue weighted by molar-refractivity contribution is 5.79. The van der Waals surface area contributed by atoms with Gasteiger partial charge in [-0.05, 0) is 18.9 Å². The van der Waals surface area contributed by atoms with E-state index in [-0.39, 0.29) is 30.1 Å². The maximum Gasteiger partial charge on any atom is 0.224 e. The number of aliphatic hydroxyl groups excluding tert-OH is 1. The van der Waals surface area contributed by atoms with Crippen molar-refractivity contribution in [3.8, 4) is 5.75 Å². The summed E-state index contributed by atoms with van der Waals surface area (Å²) in [5.74, 6) is 0.205. The summed E-state index contributed by atoms with van der Waals surface area (Å²) in [5.41, 5.74) is 0.629. The van der Waals surface area contributed by atoms with Crippen LogP contribution in [0, 0.1) is 5.92 Å². The molecule has 0 aromatic heterocycles. The quantitative estimate of drug-likeness (QED) is 0.773. The summed E-state index contributed by atoms with van der Waals surface area (Å²) in [4.78, 5) is 11.8. The van der Waals surface area contributed by atoms with Gasteiger partial charge < -0.3 is 15.5 Å². The number of rotatable bonds is 4. The summed E-state index contributed by atoms with van der Waals surface area (Å²) in [6.45, 7) is 0.521. The van der Waals surface area contributed by atoms with Crippen LogP contribution in [0.5, 0.6) is 5.75 Å². The van der Waals surface area contributed by atoms with Gasteiger partial charge in [0.15, 0.2) is 0 Å². The van der Waals surface area contributed by atoms with E-state index in [1.807, 2.05) is 0 Å². The number of hydrogen-bond acceptors (Lipinski definition) is 3. The Balaban J connectivity index is 1.80. The lowest BCUT2D eigenvalue weighted by Crippen LogP contribution is -2.37. The molecule has 104 valence electrons. The van der Waals surface area contributed by atoms with Crippen molar-refractivity contribution >= 4 is 5.91 Å². The molecule has 0 aliphatic heterocycles. The fraction of sp³-hybridized carbons (Fsp3) is 0.533. The Morgan fingerprint density at radius 1 is 1.26 bits per heavy atom. The van der Waals surface area contributed by atoms with Crippen LogP contribution in [0.15, 0.2) is 24.3 Å². The zero-order chi connectivity index (χ0) is 13.7. The van der Waals surface area contributed by atoms with Crippen molar-refractivity contribution in [2.24, 2.45) is 5.92 Å². The first-order valence-corrected chi connectivity index (χ1v) is 6.88. The zero-order valence-corrected chi connectivity index (χ0v) is 11.0. The van der Waals surface area contributed by atoms with Gasteiger partial charge in [0, 0.05) is 18.0 Å². The number of phenols is 1. The lowest BCUT2D eigenvalue weighted by Gasteiger charge is -2.27. The molecule has 0 heterocycles. The van der Waals surface area contributed by atoms with Crippen LogP contribution in [0.4, 0.5) is 0 Å². The molecule has 1 aromatic rings. The first-order chi connectivity index (χ1) is 9.16. The Kier molecular flexibility index (Phi) is 4.80. The summed E-state index contributed by atoms with van der Waals surface area (Å²) in [7, 11) is 0. The van der Waals surface area contributed by atoms with E-state index >= 15 is 0 Å². The minimum absolute atomic E-state index is 0.112. The molecule has 3 N–H and O–H groups in total. The van der Waals surface area contributed by atoms with Crippen LogP contribution in [0.2, 0.25) is 0 Å². The van der Waals surface area contributed by atoms with Gasteiger partial charge in [-0.1, -0.05) is 31.0 Å². The second-order valence-corrected chi connectivity index (χ2v) is 5.22. The van der Waals surface area contributed by atoms with E-state index in [4.69, 9.17) is 0 Å². The number of amides is 1. The van der Waals surface area contributed by atoms with Gasteiger partial charge in [0.2, 0.25) is 5.91 Å². The van der Waals surface area contributed by atoms with Crippen molar-refractivity contribution in [2.45, 2.75) is 38.2 Å². The number of para-hydroxylation sites is 1. The maximum absolute atomic E-state index is 11.8. The Labute approximate surface area is 113 Å². The van der Waals surface area contributed by atoms with E-state index in [1.54, 1.807) is 24.3 Å². The first kappa shape index (κ1) is 13.9. The normalized spacial score (nSPS) is 23.0. The molecule has 0 saturated heterocycles. The minimum Gasteiger partial charge on any atom is -0.508 e. The molecule has 2 rings (SSSR count). The predicted molar refractivity (Wildman–Crippen MR) is 72.8 cm³/mol. The Bertz CT molecular complexity index is 433. The van der Waals surface area contributed by atoms with Gasteiger partial charge in [0.25, 0.3) is 0 Å². The largest absolute Gasteiger partial charge is 0.508 e. The van der Waals surface area contributed by atoms with Crippen LogP contribution in [0.3, 0.4) is 0 Å². The molecule has 1 aliphatic rings. The Morgan fingerprint density at radius 2 is 2.00 bits per heavy atom. The van der Waals surface area contributed by atoms with Gasteiger partial charge in [-0.15, -0.1) is 0 Å². The van der Waals surface area contributed by atoms with Crippen molar-refractivity contribution in [1.82, 2.24) is 5.32 Å². The van der Waals surface area contributed by atoms with Gasteiger partial charge in [0.1, 0.15) is 5.75 Å². The molecule has 0 radical (unpaired) electrons. The van der Waals surface area contributed by atoms with Crippen molar-refractivity contribution in [3.05, 3.63) is 29.8 Å². The molecule has 19 heavy (non-hydrogen) atoms. The molecule has 1 fully saturated rings. The van der Waals surface area contributed by atoms with Crippen molar-refractivity contribution in [1.29, 1.82) is 0 Å². The average molecular weight is 263 g/mol. The Hall–Kier alpha value is -1.55. The van der Waals surface area contributed by atoms with Gasteiger partial charge in [-0.2, -0.15) is 0 Å². The molecule has 0 bridgehead atoms. The van der Waals surface area contributed by atoms with Crippen LogP contribution < -0.4 is 5.32 Å². The molecule has 2 atom stereocenters. The number of phenolic OH excluding ortho intramolecular Hbond substituents is 1. The number of aromatic hydroxyl groups is 1. The van der Waals surface area contributed by atoms with Crippen LogP contribution in [-0.2, 0) is 11.2 Å². The van der Waals surface area contributed by atoms with Gasteiger partial charge in [0.05, 0.1) is 12.5 Å². The fourth-order valence-electron chi connectivity index (χ4n) is 2.57.